The molecule has 1 aliphatic carbocycles. The average Bonchev–Trinajstić information content (AvgIpc) is 2.83. The van der Waals surface area contributed by atoms with E-state index in [0.29, 0.717) is 17.0 Å². The maximum absolute atomic E-state index is 12.9. The first kappa shape index (κ1) is 24.2. The molecule has 33 heavy (non-hydrogen) atoms. The van der Waals surface area contributed by atoms with Crippen LogP contribution in [0.1, 0.15) is 44.6 Å². The first-order valence-corrected chi connectivity index (χ1v) is 11.4. The van der Waals surface area contributed by atoms with Gasteiger partial charge in [-0.15, -0.1) is 0 Å². The highest BCUT2D eigenvalue weighted by atomic mass is 16.2. The highest BCUT2D eigenvalue weighted by Gasteiger charge is 2.18. The molecule has 0 radical (unpaired) electrons. The minimum atomic E-state index is -0.229. The predicted octanol–water partition coefficient (Wildman–Crippen LogP) is 3.76. The number of amides is 2. The maximum Gasteiger partial charge on any atom is 0.261 e. The average molecular weight is 448 g/mol. The van der Waals surface area contributed by atoms with Gasteiger partial charge in [0.25, 0.3) is 11.8 Å². The summed E-state index contributed by atoms with van der Waals surface area (Å²) in [5, 5.41) is 6.20. The first-order valence-electron chi connectivity index (χ1n) is 11.4. The largest absolute Gasteiger partial charge is 0.359 e. The molecule has 7 nitrogen and oxygen atoms in total. The lowest BCUT2D eigenvalue weighted by molar-refractivity contribution is -0.118. The summed E-state index contributed by atoms with van der Waals surface area (Å²) in [6.07, 6.45) is 5.40. The summed E-state index contributed by atoms with van der Waals surface area (Å²) in [7, 11) is 0. The molecule has 174 valence electrons. The van der Waals surface area contributed by atoms with E-state index in [1.807, 2.05) is 61.5 Å². The van der Waals surface area contributed by atoms with Crippen molar-refractivity contribution in [3.8, 4) is 0 Å². The van der Waals surface area contributed by atoms with Crippen LogP contribution in [0.25, 0.3) is 0 Å². The quantitative estimate of drug-likeness (QED) is 0.173. The van der Waals surface area contributed by atoms with Gasteiger partial charge in [-0.3, -0.25) is 15.0 Å². The highest BCUT2D eigenvalue weighted by Crippen LogP contribution is 2.28. The molecule has 2 aromatic carbocycles. The van der Waals surface area contributed by atoms with Crippen LogP contribution in [0.3, 0.4) is 0 Å². The van der Waals surface area contributed by atoms with Gasteiger partial charge in [-0.05, 0) is 75.3 Å². The SMILES string of the molecule is C/C(Nc1ccccc1)=C(/CN)C(=O)Nc1cccc(CCC2=C(C(=O)NN)CCCC2)c1. The van der Waals surface area contributed by atoms with Crippen molar-refractivity contribution in [3.63, 3.8) is 0 Å². The van der Waals surface area contributed by atoms with Gasteiger partial charge in [0.15, 0.2) is 0 Å². The van der Waals surface area contributed by atoms with Gasteiger partial charge in [-0.25, -0.2) is 5.84 Å². The molecule has 0 heterocycles. The standard InChI is InChI=1S/C26H33N5O2/c1-18(29-21-10-3-2-4-11-21)24(17-27)25(32)30-22-12-7-8-19(16-22)14-15-20-9-5-6-13-23(20)26(33)31-28/h2-4,7-8,10-12,16,29H,5-6,9,13-15,17,27-28H2,1H3,(H,30,32)(H,31,33)/b24-18+. The van der Waals surface area contributed by atoms with Gasteiger partial charge in [0, 0.05) is 34.8 Å². The number of aryl methyl sites for hydroxylation is 1. The second-order valence-corrected chi connectivity index (χ2v) is 8.22. The van der Waals surface area contributed by atoms with E-state index in [2.05, 4.69) is 16.1 Å². The van der Waals surface area contributed by atoms with Crippen molar-refractivity contribution >= 4 is 23.2 Å². The molecule has 0 saturated carbocycles. The zero-order valence-corrected chi connectivity index (χ0v) is 19.1. The Kier molecular flexibility index (Phi) is 8.80. The third-order valence-corrected chi connectivity index (χ3v) is 5.92. The van der Waals surface area contributed by atoms with Crippen molar-refractivity contribution < 1.29 is 9.59 Å². The van der Waals surface area contributed by atoms with Gasteiger partial charge in [-0.2, -0.15) is 0 Å². The molecule has 0 aromatic heterocycles. The van der Waals surface area contributed by atoms with Crippen molar-refractivity contribution in [2.75, 3.05) is 17.2 Å². The van der Waals surface area contributed by atoms with Crippen LogP contribution in [-0.4, -0.2) is 18.4 Å². The van der Waals surface area contributed by atoms with Gasteiger partial charge < -0.3 is 16.4 Å². The van der Waals surface area contributed by atoms with E-state index < -0.39 is 0 Å². The number of nitrogens with one attached hydrogen (secondary N) is 3. The molecule has 0 aliphatic heterocycles. The van der Waals surface area contributed by atoms with Crippen LogP contribution < -0.4 is 27.6 Å². The van der Waals surface area contributed by atoms with Gasteiger partial charge in [0.05, 0.1) is 0 Å². The molecule has 2 amide bonds. The van der Waals surface area contributed by atoms with E-state index in [9.17, 15) is 9.59 Å². The van der Waals surface area contributed by atoms with Crippen LogP contribution in [0.15, 0.2) is 77.0 Å². The lowest BCUT2D eigenvalue weighted by Gasteiger charge is -2.19. The van der Waals surface area contributed by atoms with Gasteiger partial charge in [0.1, 0.15) is 0 Å². The number of para-hydroxylation sites is 1. The monoisotopic (exact) mass is 447 g/mol. The molecule has 0 spiro atoms. The highest BCUT2D eigenvalue weighted by molar-refractivity contribution is 6.04. The maximum atomic E-state index is 12.9. The Bertz CT molecular complexity index is 1040. The fourth-order valence-corrected chi connectivity index (χ4v) is 4.14. The van der Waals surface area contributed by atoms with E-state index >= 15 is 0 Å². The molecule has 0 fully saturated rings. The number of rotatable bonds is 9. The Morgan fingerprint density at radius 3 is 2.36 bits per heavy atom. The molecule has 0 bridgehead atoms. The van der Waals surface area contributed by atoms with E-state index in [0.717, 1.165) is 55.3 Å². The summed E-state index contributed by atoms with van der Waals surface area (Å²) in [4.78, 5) is 25.0. The molecule has 2 aromatic rings. The Morgan fingerprint density at radius 1 is 0.909 bits per heavy atom. The second-order valence-electron chi connectivity index (χ2n) is 8.22. The van der Waals surface area contributed by atoms with Crippen LogP contribution in [-0.2, 0) is 16.0 Å². The molecule has 0 unspecified atom stereocenters. The van der Waals surface area contributed by atoms with Gasteiger partial charge in [-0.1, -0.05) is 35.9 Å². The zero-order chi connectivity index (χ0) is 23.6. The molecule has 0 atom stereocenters. The Hall–Kier alpha value is -3.42. The lowest BCUT2D eigenvalue weighted by atomic mass is 9.88. The van der Waals surface area contributed by atoms with Crippen LogP contribution in [0.2, 0.25) is 0 Å². The number of nitrogens with two attached hydrogens (primary N) is 2. The summed E-state index contributed by atoms with van der Waals surface area (Å²) in [5.74, 6) is 4.94. The van der Waals surface area contributed by atoms with Crippen LogP contribution in [0.5, 0.6) is 0 Å². The molecule has 7 heteroatoms. The van der Waals surface area contributed by atoms with E-state index in [-0.39, 0.29) is 18.4 Å². The van der Waals surface area contributed by atoms with E-state index in [1.165, 1.54) is 5.57 Å². The number of hydrogen-bond acceptors (Lipinski definition) is 5. The van der Waals surface area contributed by atoms with Crippen LogP contribution in [0.4, 0.5) is 11.4 Å². The zero-order valence-electron chi connectivity index (χ0n) is 19.1. The molecule has 3 rings (SSSR count). The smallest absolute Gasteiger partial charge is 0.261 e. The van der Waals surface area contributed by atoms with Crippen molar-refractivity contribution in [1.29, 1.82) is 0 Å². The molecule has 0 saturated heterocycles. The normalized spacial score (nSPS) is 14.4. The van der Waals surface area contributed by atoms with E-state index in [1.54, 1.807) is 0 Å². The topological polar surface area (TPSA) is 122 Å². The fourth-order valence-electron chi connectivity index (χ4n) is 4.14. The van der Waals surface area contributed by atoms with Gasteiger partial charge >= 0.3 is 0 Å². The lowest BCUT2D eigenvalue weighted by Crippen LogP contribution is -2.32. The summed E-state index contributed by atoms with van der Waals surface area (Å²) in [5.41, 5.74) is 14.1. The molecular formula is C26H33N5O2. The Balaban J connectivity index is 1.67. The number of carbonyl (C=O) groups excluding carboxylic acids is 2. The van der Waals surface area contributed by atoms with Crippen molar-refractivity contribution in [1.82, 2.24) is 5.43 Å². The minimum absolute atomic E-state index is 0.122. The molecule has 7 N–H and O–H groups in total. The van der Waals surface area contributed by atoms with Crippen LogP contribution >= 0.6 is 0 Å². The van der Waals surface area contributed by atoms with E-state index in [4.69, 9.17) is 11.6 Å². The summed E-state index contributed by atoms with van der Waals surface area (Å²) in [6, 6.07) is 17.5. The first-order chi connectivity index (χ1) is 16.0. The second kappa shape index (κ2) is 12.0. The number of benzene rings is 2. The minimum Gasteiger partial charge on any atom is -0.359 e. The number of hydrogen-bond donors (Lipinski definition) is 5. The van der Waals surface area contributed by atoms with Crippen molar-refractivity contribution in [3.05, 3.63) is 82.6 Å². The number of carbonyl (C=O) groups is 2. The van der Waals surface area contributed by atoms with Gasteiger partial charge in [0.2, 0.25) is 0 Å². The number of hydrazine groups is 1. The summed E-state index contributed by atoms with van der Waals surface area (Å²) >= 11 is 0. The van der Waals surface area contributed by atoms with Crippen molar-refractivity contribution in [2.24, 2.45) is 11.6 Å². The number of anilines is 2. The third-order valence-electron chi connectivity index (χ3n) is 5.92. The van der Waals surface area contributed by atoms with Crippen LogP contribution in [0, 0.1) is 0 Å². The number of allylic oxidation sites excluding steroid dienone is 2. The molecular weight excluding hydrogens is 414 g/mol. The third kappa shape index (κ3) is 6.78. The molecule has 1 aliphatic rings. The van der Waals surface area contributed by atoms with Crippen molar-refractivity contribution in [2.45, 2.75) is 45.4 Å². The Morgan fingerprint density at radius 2 is 1.64 bits per heavy atom. The summed E-state index contributed by atoms with van der Waals surface area (Å²) in [6.45, 7) is 1.97. The summed E-state index contributed by atoms with van der Waals surface area (Å²) < 4.78 is 0. The fraction of sp³-hybridized carbons (Fsp3) is 0.308. The predicted molar refractivity (Wildman–Crippen MR) is 133 cm³/mol. The Labute approximate surface area is 195 Å².